The smallest absolute Gasteiger partial charge is 0.331 e. The molecule has 2 heterocycles. The van der Waals surface area contributed by atoms with Crippen molar-refractivity contribution in [1.82, 2.24) is 5.06 Å². The fraction of sp³-hybridized carbons (Fsp3) is 0.900. The SMILES string of the molecule is CON([C@H]1CC[C@@]2(C)[C@H](CC[C@@H]3[C@@H]2CC[C@]2(C)[C@@H](C4=CC(=O)OC4)CC[C@]32O)C1)[C@@H]1O[C@H](CO)C(N=[N+]=[N-])[C@H](O)[C@H]1O. The summed E-state index contributed by atoms with van der Waals surface area (Å²) < 4.78 is 11.2. The van der Waals surface area contributed by atoms with Crippen molar-refractivity contribution in [3.8, 4) is 0 Å². The summed E-state index contributed by atoms with van der Waals surface area (Å²) in [5, 5.41) is 49.2. The van der Waals surface area contributed by atoms with Gasteiger partial charge in [-0.05, 0) is 98.0 Å². The highest BCUT2D eigenvalue weighted by Gasteiger charge is 2.68. The van der Waals surface area contributed by atoms with E-state index in [1.54, 1.807) is 11.1 Å². The second-order valence-corrected chi connectivity index (χ2v) is 14.2. The first kappa shape index (κ1) is 30.3. The number of carbonyl (C=O) groups is 1. The molecule has 0 aromatic rings. The average molecular weight is 591 g/mol. The van der Waals surface area contributed by atoms with E-state index in [9.17, 15) is 25.2 Å². The molecule has 1 saturated heterocycles. The molecule has 0 aromatic carbocycles. The number of aliphatic hydroxyl groups is 4. The minimum atomic E-state index is -1.41. The lowest BCUT2D eigenvalue weighted by Gasteiger charge is -2.64. The van der Waals surface area contributed by atoms with Crippen LogP contribution in [0.5, 0.6) is 0 Å². The first-order chi connectivity index (χ1) is 20.0. The first-order valence-corrected chi connectivity index (χ1v) is 15.6. The Hall–Kier alpha value is -1.76. The van der Waals surface area contributed by atoms with E-state index in [1.807, 2.05) is 0 Å². The van der Waals surface area contributed by atoms with Gasteiger partial charge >= 0.3 is 5.97 Å². The molecule has 4 aliphatic carbocycles. The molecule has 42 heavy (non-hydrogen) atoms. The Balaban J connectivity index is 1.19. The van der Waals surface area contributed by atoms with Gasteiger partial charge in [0.05, 0.1) is 37.6 Å². The molecule has 0 aromatic heterocycles. The van der Waals surface area contributed by atoms with E-state index in [0.29, 0.717) is 18.4 Å². The Labute approximate surface area is 246 Å². The van der Waals surface area contributed by atoms with Crippen LogP contribution in [0.25, 0.3) is 10.4 Å². The van der Waals surface area contributed by atoms with E-state index in [1.165, 1.54) is 7.11 Å². The van der Waals surface area contributed by atoms with E-state index >= 15 is 0 Å². The number of cyclic esters (lactones) is 1. The monoisotopic (exact) mass is 590 g/mol. The third-order valence-corrected chi connectivity index (χ3v) is 12.8. The van der Waals surface area contributed by atoms with Gasteiger partial charge in [0.1, 0.15) is 12.7 Å². The molecule has 12 nitrogen and oxygen atoms in total. The molecule has 13 atom stereocenters. The molecule has 0 spiro atoms. The Morgan fingerprint density at radius 2 is 1.90 bits per heavy atom. The van der Waals surface area contributed by atoms with Crippen LogP contribution in [-0.4, -0.2) is 94.0 Å². The van der Waals surface area contributed by atoms with E-state index in [-0.39, 0.29) is 34.7 Å². The number of carbonyl (C=O) groups excluding carboxylic acids is 1. The number of azide groups is 1. The number of hydrogen-bond donors (Lipinski definition) is 4. The lowest BCUT2D eigenvalue weighted by Crippen LogP contribution is -2.65. The second-order valence-electron chi connectivity index (χ2n) is 14.2. The maximum absolute atomic E-state index is 12.5. The molecule has 1 unspecified atom stereocenters. The van der Waals surface area contributed by atoms with Crippen LogP contribution in [0.15, 0.2) is 16.8 Å². The average Bonchev–Trinajstić information content (AvgIpc) is 3.52. The summed E-state index contributed by atoms with van der Waals surface area (Å²) in [5.74, 6) is 0.889. The van der Waals surface area contributed by atoms with Gasteiger partial charge in [-0.1, -0.05) is 19.0 Å². The predicted molar refractivity (Wildman–Crippen MR) is 149 cm³/mol. The van der Waals surface area contributed by atoms with Crippen molar-refractivity contribution in [3.05, 3.63) is 22.1 Å². The Bertz CT molecular complexity index is 1150. The topological polar surface area (TPSA) is 178 Å². The predicted octanol–water partition coefficient (Wildman–Crippen LogP) is 2.59. The molecule has 4 N–H and O–H groups in total. The molecule has 2 aliphatic heterocycles. The van der Waals surface area contributed by atoms with Crippen LogP contribution < -0.4 is 0 Å². The zero-order valence-corrected chi connectivity index (χ0v) is 24.8. The van der Waals surface area contributed by atoms with Crippen LogP contribution >= 0.6 is 0 Å². The van der Waals surface area contributed by atoms with Crippen molar-refractivity contribution in [2.75, 3.05) is 20.3 Å². The minimum absolute atomic E-state index is 0.0471. The number of ether oxygens (including phenoxy) is 2. The summed E-state index contributed by atoms with van der Waals surface area (Å²) in [6.45, 7) is 4.51. The number of aliphatic hydroxyl groups excluding tert-OH is 3. The summed E-state index contributed by atoms with van der Waals surface area (Å²) in [6.07, 6.45) is 4.95. The molecule has 6 rings (SSSR count). The fourth-order valence-corrected chi connectivity index (χ4v) is 10.6. The number of hydrogen-bond acceptors (Lipinski definition) is 10. The van der Waals surface area contributed by atoms with E-state index in [4.69, 9.17) is 19.8 Å². The van der Waals surface area contributed by atoms with Gasteiger partial charge in [-0.15, -0.1) is 0 Å². The third kappa shape index (κ3) is 4.36. The van der Waals surface area contributed by atoms with Gasteiger partial charge in [0.15, 0.2) is 6.23 Å². The van der Waals surface area contributed by atoms with Gasteiger partial charge in [0.25, 0.3) is 0 Å². The van der Waals surface area contributed by atoms with Gasteiger partial charge in [0.2, 0.25) is 0 Å². The van der Waals surface area contributed by atoms with Gasteiger partial charge in [0, 0.05) is 22.4 Å². The molecule has 5 fully saturated rings. The Morgan fingerprint density at radius 1 is 1.12 bits per heavy atom. The van der Waals surface area contributed by atoms with Crippen LogP contribution in [0.4, 0.5) is 0 Å². The van der Waals surface area contributed by atoms with Crippen molar-refractivity contribution in [3.63, 3.8) is 0 Å². The van der Waals surface area contributed by atoms with Crippen LogP contribution in [-0.2, 0) is 19.1 Å². The molecule has 4 saturated carbocycles. The number of nitrogens with zero attached hydrogens (tertiary/aromatic N) is 4. The third-order valence-electron chi connectivity index (χ3n) is 12.8. The highest BCUT2D eigenvalue weighted by Crippen LogP contribution is 2.70. The fourth-order valence-electron chi connectivity index (χ4n) is 10.6. The molecule has 0 amide bonds. The zero-order valence-electron chi connectivity index (χ0n) is 24.8. The van der Waals surface area contributed by atoms with Crippen LogP contribution in [0.3, 0.4) is 0 Å². The molecule has 6 aliphatic rings. The number of esters is 1. The number of fused-ring (bicyclic) bond motifs is 5. The summed E-state index contributed by atoms with van der Waals surface area (Å²) in [6, 6.07) is -1.18. The van der Waals surface area contributed by atoms with Crippen molar-refractivity contribution >= 4 is 5.97 Å². The summed E-state index contributed by atoms with van der Waals surface area (Å²) in [5.41, 5.74) is 8.94. The van der Waals surface area contributed by atoms with E-state index in [2.05, 4.69) is 23.9 Å². The minimum Gasteiger partial charge on any atom is -0.458 e. The van der Waals surface area contributed by atoms with E-state index in [0.717, 1.165) is 63.4 Å². The zero-order chi connectivity index (χ0) is 30.0. The summed E-state index contributed by atoms with van der Waals surface area (Å²) >= 11 is 0. The van der Waals surface area contributed by atoms with Crippen molar-refractivity contribution in [2.24, 2.45) is 39.6 Å². The van der Waals surface area contributed by atoms with Crippen molar-refractivity contribution in [1.29, 1.82) is 0 Å². The Morgan fingerprint density at radius 3 is 2.57 bits per heavy atom. The van der Waals surface area contributed by atoms with Crippen molar-refractivity contribution < 1.29 is 39.5 Å². The van der Waals surface area contributed by atoms with E-state index < -0.39 is 42.8 Å². The van der Waals surface area contributed by atoms with Gasteiger partial charge in [-0.25, -0.2) is 4.79 Å². The number of hydroxylamine groups is 2. The molecular formula is C30H46N4O8. The quantitative estimate of drug-likeness (QED) is 0.119. The molecular weight excluding hydrogens is 544 g/mol. The Kier molecular flexibility index (Phi) is 7.93. The molecule has 12 heteroatoms. The highest BCUT2D eigenvalue weighted by atomic mass is 16.7. The highest BCUT2D eigenvalue weighted by molar-refractivity contribution is 5.85. The summed E-state index contributed by atoms with van der Waals surface area (Å²) in [4.78, 5) is 20.4. The van der Waals surface area contributed by atoms with Crippen molar-refractivity contribution in [2.45, 2.75) is 114 Å². The van der Waals surface area contributed by atoms with Gasteiger partial charge in [-0.2, -0.15) is 5.06 Å². The van der Waals surface area contributed by atoms with Gasteiger partial charge < -0.3 is 29.9 Å². The molecule has 0 radical (unpaired) electrons. The molecule has 0 bridgehead atoms. The van der Waals surface area contributed by atoms with Crippen LogP contribution in [0, 0.1) is 34.5 Å². The largest absolute Gasteiger partial charge is 0.458 e. The maximum Gasteiger partial charge on any atom is 0.331 e. The lowest BCUT2D eigenvalue weighted by atomic mass is 9.43. The lowest BCUT2D eigenvalue weighted by molar-refractivity contribution is -0.332. The van der Waals surface area contributed by atoms with Crippen LogP contribution in [0.1, 0.15) is 71.6 Å². The first-order valence-electron chi connectivity index (χ1n) is 15.6. The normalized spacial score (nSPS) is 50.3. The van der Waals surface area contributed by atoms with Crippen LogP contribution in [0.2, 0.25) is 0 Å². The van der Waals surface area contributed by atoms with Gasteiger partial charge in [-0.3, -0.25) is 4.84 Å². The second kappa shape index (κ2) is 11.0. The standard InChI is InChI=1S/C30H46N4O8/c1-28-9-6-18(34(40-3)27-26(38)25(37)24(32-33-31)22(14-35)42-27)13-17(28)4-5-21-20(28)7-10-29(2)19(8-11-30(21,29)39)16-12-23(36)41-15-16/h12,17-22,24-27,35,37-39H,4-11,13-15H2,1-3H3/t17-,18+,19-,20+,21-,22-,24?,25+,26-,27-,28+,29-,30+/m1/s1. The molecule has 234 valence electrons. The maximum atomic E-state index is 12.5. The summed E-state index contributed by atoms with van der Waals surface area (Å²) in [7, 11) is 1.52. The number of rotatable bonds is 6.